The molecule has 0 spiro atoms. The molecule has 24 heavy (non-hydrogen) atoms. The van der Waals surface area contributed by atoms with Crippen LogP contribution in [0.4, 0.5) is 0 Å². The number of aromatic nitrogens is 2. The van der Waals surface area contributed by atoms with Gasteiger partial charge in [0.2, 0.25) is 5.89 Å². The van der Waals surface area contributed by atoms with E-state index < -0.39 is 0 Å². The molecular formula is C19H14N2O2S. The first-order chi connectivity index (χ1) is 11.7. The van der Waals surface area contributed by atoms with Crippen LogP contribution in [0.15, 0.2) is 75.3 Å². The Morgan fingerprint density at radius 3 is 2.17 bits per heavy atom. The molecule has 0 aliphatic carbocycles. The largest absolute Gasteiger partial charge is 0.434 e. The van der Waals surface area contributed by atoms with Crippen molar-refractivity contribution in [1.29, 1.82) is 0 Å². The summed E-state index contributed by atoms with van der Waals surface area (Å²) in [7, 11) is 0. The highest BCUT2D eigenvalue weighted by atomic mass is 32.1. The zero-order valence-electron chi connectivity index (χ0n) is 13.0. The first-order valence-corrected chi connectivity index (χ1v) is 8.41. The van der Waals surface area contributed by atoms with Gasteiger partial charge in [0.15, 0.2) is 11.6 Å². The first kappa shape index (κ1) is 14.7. The van der Waals surface area contributed by atoms with Crippen molar-refractivity contribution in [2.45, 2.75) is 6.92 Å². The van der Waals surface area contributed by atoms with Crippen LogP contribution in [0.1, 0.15) is 5.69 Å². The van der Waals surface area contributed by atoms with Gasteiger partial charge >= 0.3 is 4.87 Å². The molecule has 0 aliphatic rings. The minimum Gasteiger partial charge on any atom is -0.434 e. The minimum atomic E-state index is -0.0717. The van der Waals surface area contributed by atoms with E-state index >= 15 is 0 Å². The predicted octanol–water partition coefficient (Wildman–Crippen LogP) is 4.53. The Labute approximate surface area is 142 Å². The summed E-state index contributed by atoms with van der Waals surface area (Å²) in [4.78, 5) is 16.8. The Hall–Kier alpha value is -2.92. The maximum Gasteiger partial charge on any atom is 0.313 e. The lowest BCUT2D eigenvalue weighted by molar-refractivity contribution is 0.588. The highest BCUT2D eigenvalue weighted by molar-refractivity contribution is 7.07. The van der Waals surface area contributed by atoms with Crippen LogP contribution in [-0.4, -0.2) is 9.55 Å². The third kappa shape index (κ3) is 2.49. The van der Waals surface area contributed by atoms with E-state index in [0.717, 1.165) is 28.2 Å². The molecule has 4 aromatic rings. The number of nitrogens with zero attached hydrogens (tertiary/aromatic N) is 2. The third-order valence-corrected chi connectivity index (χ3v) is 4.59. The Kier molecular flexibility index (Phi) is 3.63. The lowest BCUT2D eigenvalue weighted by Gasteiger charge is -2.02. The van der Waals surface area contributed by atoms with E-state index in [9.17, 15) is 4.79 Å². The number of hydrogen-bond donors (Lipinski definition) is 0. The van der Waals surface area contributed by atoms with Gasteiger partial charge in [-0.1, -0.05) is 59.9 Å². The number of hydrogen-bond acceptors (Lipinski definition) is 4. The van der Waals surface area contributed by atoms with Crippen LogP contribution in [0.3, 0.4) is 0 Å². The Bertz CT molecular complexity index is 1030. The third-order valence-electron chi connectivity index (χ3n) is 3.74. The Morgan fingerprint density at radius 1 is 0.958 bits per heavy atom. The summed E-state index contributed by atoms with van der Waals surface area (Å²) in [5, 5.41) is 1.83. The number of benzene rings is 2. The summed E-state index contributed by atoms with van der Waals surface area (Å²) in [5.74, 6) is 1.63. The maximum absolute atomic E-state index is 12.3. The van der Waals surface area contributed by atoms with Crippen molar-refractivity contribution in [3.05, 3.63) is 81.4 Å². The van der Waals surface area contributed by atoms with Gasteiger partial charge in [0.1, 0.15) is 0 Å². The molecule has 0 saturated heterocycles. The predicted molar refractivity (Wildman–Crippen MR) is 95.6 cm³/mol. The normalized spacial score (nSPS) is 10.9. The molecule has 5 heteroatoms. The molecule has 0 atom stereocenters. The van der Waals surface area contributed by atoms with Crippen LogP contribution in [-0.2, 0) is 0 Å². The zero-order chi connectivity index (χ0) is 16.5. The van der Waals surface area contributed by atoms with Gasteiger partial charge in [-0.3, -0.25) is 9.36 Å². The van der Waals surface area contributed by atoms with Crippen molar-refractivity contribution >= 4 is 11.3 Å². The topological polar surface area (TPSA) is 48.0 Å². The minimum absolute atomic E-state index is 0.0717. The molecule has 118 valence electrons. The summed E-state index contributed by atoms with van der Waals surface area (Å²) in [6.07, 6.45) is 0. The Balaban J connectivity index is 1.98. The van der Waals surface area contributed by atoms with Gasteiger partial charge in [0.25, 0.3) is 0 Å². The van der Waals surface area contributed by atoms with Crippen LogP contribution < -0.4 is 4.87 Å². The average molecular weight is 334 g/mol. The van der Waals surface area contributed by atoms with Crippen molar-refractivity contribution in [2.75, 3.05) is 0 Å². The fourth-order valence-corrected chi connectivity index (χ4v) is 3.30. The number of rotatable bonds is 3. The van der Waals surface area contributed by atoms with E-state index in [2.05, 4.69) is 4.98 Å². The van der Waals surface area contributed by atoms with Crippen LogP contribution in [0.5, 0.6) is 0 Å². The van der Waals surface area contributed by atoms with Crippen molar-refractivity contribution in [1.82, 2.24) is 9.55 Å². The molecule has 0 bridgehead atoms. The SMILES string of the molecule is Cc1csc(=O)n1-c1nc(-c2ccccc2)oc1-c1ccccc1. The highest BCUT2D eigenvalue weighted by Gasteiger charge is 2.20. The molecular weight excluding hydrogens is 320 g/mol. The van der Waals surface area contributed by atoms with Gasteiger partial charge < -0.3 is 4.42 Å². The lowest BCUT2D eigenvalue weighted by atomic mass is 10.2. The first-order valence-electron chi connectivity index (χ1n) is 7.53. The Morgan fingerprint density at radius 2 is 1.58 bits per heavy atom. The second kappa shape index (κ2) is 5.94. The van der Waals surface area contributed by atoms with E-state index in [0.29, 0.717) is 17.5 Å². The summed E-state index contributed by atoms with van der Waals surface area (Å²) < 4.78 is 7.65. The van der Waals surface area contributed by atoms with E-state index in [1.807, 2.05) is 73.0 Å². The molecule has 0 N–H and O–H groups in total. The lowest BCUT2D eigenvalue weighted by Crippen LogP contribution is -2.13. The zero-order valence-corrected chi connectivity index (χ0v) is 13.8. The molecule has 4 rings (SSSR count). The molecule has 0 radical (unpaired) electrons. The van der Waals surface area contributed by atoms with Crippen molar-refractivity contribution in [2.24, 2.45) is 0 Å². The van der Waals surface area contributed by atoms with Crippen LogP contribution in [0, 0.1) is 6.92 Å². The molecule has 0 aliphatic heterocycles. The van der Waals surface area contributed by atoms with Crippen molar-refractivity contribution in [3.63, 3.8) is 0 Å². The molecule has 0 unspecified atom stereocenters. The summed E-state index contributed by atoms with van der Waals surface area (Å²) in [6.45, 7) is 1.89. The molecule has 2 heterocycles. The van der Waals surface area contributed by atoms with Crippen LogP contribution in [0.2, 0.25) is 0 Å². The quantitative estimate of drug-likeness (QED) is 0.553. The number of oxazole rings is 1. The molecule has 4 nitrogen and oxygen atoms in total. The molecule has 0 fully saturated rings. The van der Waals surface area contributed by atoms with Crippen molar-refractivity contribution in [3.8, 4) is 28.6 Å². The number of aryl methyl sites for hydroxylation is 1. The molecule has 0 amide bonds. The van der Waals surface area contributed by atoms with Crippen molar-refractivity contribution < 1.29 is 4.42 Å². The van der Waals surface area contributed by atoms with Gasteiger partial charge in [0, 0.05) is 22.2 Å². The smallest absolute Gasteiger partial charge is 0.313 e. The van der Waals surface area contributed by atoms with Crippen LogP contribution >= 0.6 is 11.3 Å². The van der Waals surface area contributed by atoms with Gasteiger partial charge in [-0.15, -0.1) is 0 Å². The molecule has 0 saturated carbocycles. The standard InChI is InChI=1S/C19H14N2O2S/c1-13-12-24-19(22)21(13)17-16(14-8-4-2-5-9-14)23-18(20-17)15-10-6-3-7-11-15/h2-12H,1H3. The summed E-state index contributed by atoms with van der Waals surface area (Å²) in [5.41, 5.74) is 2.61. The van der Waals surface area contributed by atoms with E-state index in [-0.39, 0.29) is 4.87 Å². The number of thiazole rings is 1. The maximum atomic E-state index is 12.3. The van der Waals surface area contributed by atoms with E-state index in [1.54, 1.807) is 4.57 Å². The van der Waals surface area contributed by atoms with Crippen LogP contribution in [0.25, 0.3) is 28.6 Å². The van der Waals surface area contributed by atoms with E-state index in [1.165, 1.54) is 0 Å². The second-order valence-corrected chi connectivity index (χ2v) is 6.20. The van der Waals surface area contributed by atoms with Gasteiger partial charge in [-0.25, -0.2) is 0 Å². The average Bonchev–Trinajstić information content (AvgIpc) is 3.20. The molecule has 2 aromatic heterocycles. The summed E-state index contributed by atoms with van der Waals surface area (Å²) >= 11 is 1.16. The highest BCUT2D eigenvalue weighted by Crippen LogP contribution is 2.32. The van der Waals surface area contributed by atoms with Gasteiger partial charge in [-0.05, 0) is 19.1 Å². The second-order valence-electron chi connectivity index (χ2n) is 5.38. The molecule has 2 aromatic carbocycles. The fourth-order valence-electron chi connectivity index (χ4n) is 2.58. The monoisotopic (exact) mass is 334 g/mol. The van der Waals surface area contributed by atoms with E-state index in [4.69, 9.17) is 4.42 Å². The van der Waals surface area contributed by atoms with Gasteiger partial charge in [-0.2, -0.15) is 4.98 Å². The van der Waals surface area contributed by atoms with Gasteiger partial charge in [0.05, 0.1) is 0 Å². The fraction of sp³-hybridized carbons (Fsp3) is 0.0526. The summed E-state index contributed by atoms with van der Waals surface area (Å²) in [6, 6.07) is 19.4.